The summed E-state index contributed by atoms with van der Waals surface area (Å²) in [6.45, 7) is 1.26. The van der Waals surface area contributed by atoms with Gasteiger partial charge >= 0.3 is 6.09 Å². The molecule has 2 aromatic rings. The molecule has 1 saturated carbocycles. The summed E-state index contributed by atoms with van der Waals surface area (Å²) in [6, 6.07) is 3.08. The number of hydrogen-bond acceptors (Lipinski definition) is 5. The molecule has 32 heavy (non-hydrogen) atoms. The van der Waals surface area contributed by atoms with Crippen LogP contribution in [-0.2, 0) is 22.5 Å². The molecule has 1 aromatic carbocycles. The van der Waals surface area contributed by atoms with Crippen molar-refractivity contribution in [2.75, 3.05) is 19.7 Å². The average molecular weight is 446 g/mol. The smallest absolute Gasteiger partial charge is 0.417 e. The maximum atomic E-state index is 14.4. The van der Waals surface area contributed by atoms with Gasteiger partial charge in [-0.25, -0.2) is 23.5 Å². The summed E-state index contributed by atoms with van der Waals surface area (Å²) in [5, 5.41) is 0. The second-order valence-corrected chi connectivity index (χ2v) is 8.93. The molecule has 0 N–H and O–H groups in total. The molecule has 8 nitrogen and oxygen atoms in total. The third-order valence-electron chi connectivity index (χ3n) is 6.62. The zero-order valence-electron chi connectivity index (χ0n) is 17.9. The molecule has 3 amide bonds. The lowest BCUT2D eigenvalue weighted by atomic mass is 10.0. The van der Waals surface area contributed by atoms with E-state index in [1.54, 1.807) is 16.5 Å². The third kappa shape index (κ3) is 3.41. The topological polar surface area (TPSA) is 84.7 Å². The third-order valence-corrected chi connectivity index (χ3v) is 6.62. The van der Waals surface area contributed by atoms with Crippen LogP contribution in [0.25, 0.3) is 11.0 Å². The van der Waals surface area contributed by atoms with Gasteiger partial charge in [-0.15, -0.1) is 0 Å². The fourth-order valence-electron chi connectivity index (χ4n) is 4.67. The first-order chi connectivity index (χ1) is 15.1. The lowest BCUT2D eigenvalue weighted by Gasteiger charge is -2.34. The van der Waals surface area contributed by atoms with Crippen LogP contribution in [0.5, 0.6) is 0 Å². The monoisotopic (exact) mass is 446 g/mol. The van der Waals surface area contributed by atoms with Crippen molar-refractivity contribution >= 4 is 28.9 Å². The van der Waals surface area contributed by atoms with E-state index in [1.807, 2.05) is 6.07 Å². The summed E-state index contributed by atoms with van der Waals surface area (Å²) in [4.78, 5) is 44.0. The van der Waals surface area contributed by atoms with Crippen molar-refractivity contribution in [3.8, 4) is 0 Å². The van der Waals surface area contributed by atoms with Crippen molar-refractivity contribution in [2.45, 2.75) is 50.5 Å². The number of nitrogens with zero attached hydrogens (tertiary/aromatic N) is 4. The zero-order chi connectivity index (χ0) is 22.8. The average Bonchev–Trinajstić information content (AvgIpc) is 3.48. The van der Waals surface area contributed by atoms with Crippen LogP contribution in [0, 0.1) is 0 Å². The first-order valence-corrected chi connectivity index (χ1v) is 10.8. The number of hydrogen-bond donors (Lipinski definition) is 0. The molecule has 3 aliphatic rings. The number of benzene rings is 1. The number of imidazole rings is 1. The van der Waals surface area contributed by atoms with Gasteiger partial charge in [0, 0.05) is 38.7 Å². The van der Waals surface area contributed by atoms with Gasteiger partial charge in [0.15, 0.2) is 12.4 Å². The summed E-state index contributed by atoms with van der Waals surface area (Å²) >= 11 is 0. The van der Waals surface area contributed by atoms with Gasteiger partial charge in [-0.05, 0) is 49.3 Å². The highest BCUT2D eigenvalue weighted by Gasteiger charge is 2.40. The molecular formula is C22H24F2N4O4. The molecular weight excluding hydrogens is 422 g/mol. The van der Waals surface area contributed by atoms with Crippen molar-refractivity contribution in [1.29, 1.82) is 0 Å². The van der Waals surface area contributed by atoms with Gasteiger partial charge < -0.3 is 14.2 Å². The molecule has 2 saturated heterocycles. The van der Waals surface area contributed by atoms with Crippen LogP contribution in [0.4, 0.5) is 13.6 Å². The highest BCUT2D eigenvalue weighted by atomic mass is 19.3. The molecule has 5 rings (SSSR count). The van der Waals surface area contributed by atoms with E-state index in [0.717, 1.165) is 30.2 Å². The van der Waals surface area contributed by atoms with Gasteiger partial charge in [-0.2, -0.15) is 0 Å². The number of likely N-dealkylation sites (tertiary alicyclic amines) is 1. The van der Waals surface area contributed by atoms with Gasteiger partial charge in [-0.1, -0.05) is 0 Å². The number of amides is 3. The Kier molecular flexibility index (Phi) is 4.72. The standard InChI is InChI=1S/C22H24F2N4O4/c1-22(23,24)15-9-13(12-3-4-12)10-16-18(15)25-19(26(16)2)20(30)27-7-5-14(6-8-27)28-17(29)11-32-21(28)31/h9-10,12,14H,3-8,11H2,1-2H3. The summed E-state index contributed by atoms with van der Waals surface area (Å²) in [6.07, 6.45) is 2.17. The minimum Gasteiger partial charge on any atom is -0.439 e. The van der Waals surface area contributed by atoms with Crippen LogP contribution in [0.15, 0.2) is 12.1 Å². The van der Waals surface area contributed by atoms with Crippen molar-refractivity contribution in [3.05, 3.63) is 29.1 Å². The van der Waals surface area contributed by atoms with Gasteiger partial charge in [0.25, 0.3) is 17.7 Å². The quantitative estimate of drug-likeness (QED) is 0.721. The van der Waals surface area contributed by atoms with Crippen LogP contribution >= 0.6 is 0 Å². The predicted molar refractivity (Wildman–Crippen MR) is 109 cm³/mol. The Hall–Kier alpha value is -3.04. The van der Waals surface area contributed by atoms with E-state index in [1.165, 1.54) is 6.07 Å². The van der Waals surface area contributed by atoms with Crippen LogP contribution in [0.2, 0.25) is 0 Å². The van der Waals surface area contributed by atoms with Crippen molar-refractivity contribution in [3.63, 3.8) is 0 Å². The molecule has 3 heterocycles. The fraction of sp³-hybridized carbons (Fsp3) is 0.545. The normalized spacial score (nSPS) is 20.4. The number of cyclic esters (lactones) is 1. The number of halogens is 2. The van der Waals surface area contributed by atoms with Crippen LogP contribution in [0.1, 0.15) is 60.3 Å². The van der Waals surface area contributed by atoms with Crippen LogP contribution in [0.3, 0.4) is 0 Å². The van der Waals surface area contributed by atoms with Gasteiger partial charge in [0.2, 0.25) is 0 Å². The largest absolute Gasteiger partial charge is 0.439 e. The summed E-state index contributed by atoms with van der Waals surface area (Å²) < 4.78 is 35.1. The number of aryl methyl sites for hydroxylation is 1. The molecule has 1 aromatic heterocycles. The molecule has 0 atom stereocenters. The van der Waals surface area contributed by atoms with E-state index in [-0.39, 0.29) is 47.3 Å². The van der Waals surface area contributed by atoms with Crippen molar-refractivity contribution in [2.24, 2.45) is 7.05 Å². The fourth-order valence-corrected chi connectivity index (χ4v) is 4.67. The number of carbonyl (C=O) groups is 3. The number of imide groups is 1. The Morgan fingerprint density at radius 3 is 2.41 bits per heavy atom. The number of ether oxygens (including phenoxy) is 1. The highest BCUT2D eigenvalue weighted by molar-refractivity contribution is 5.98. The molecule has 3 fully saturated rings. The molecule has 0 unspecified atom stereocenters. The number of piperidine rings is 1. The highest BCUT2D eigenvalue weighted by Crippen LogP contribution is 2.44. The number of rotatable bonds is 4. The second kappa shape index (κ2) is 7.25. The molecule has 1 aliphatic carbocycles. The molecule has 0 bridgehead atoms. The zero-order valence-corrected chi connectivity index (χ0v) is 17.9. The van der Waals surface area contributed by atoms with E-state index in [4.69, 9.17) is 4.74 Å². The number of alkyl halides is 2. The number of fused-ring (bicyclic) bond motifs is 1. The number of aromatic nitrogens is 2. The molecule has 2 aliphatic heterocycles. The lowest BCUT2D eigenvalue weighted by Crippen LogP contribution is -2.48. The Balaban J connectivity index is 1.41. The first-order valence-electron chi connectivity index (χ1n) is 10.8. The Morgan fingerprint density at radius 2 is 1.84 bits per heavy atom. The second-order valence-electron chi connectivity index (χ2n) is 8.93. The Labute approximate surface area is 183 Å². The lowest BCUT2D eigenvalue weighted by molar-refractivity contribution is -0.127. The van der Waals surface area contributed by atoms with Crippen molar-refractivity contribution in [1.82, 2.24) is 19.4 Å². The minimum atomic E-state index is -3.08. The van der Waals surface area contributed by atoms with E-state index in [2.05, 4.69) is 4.98 Å². The van der Waals surface area contributed by atoms with Crippen LogP contribution in [-0.4, -0.2) is 63.0 Å². The molecule has 0 spiro atoms. The van der Waals surface area contributed by atoms with E-state index < -0.39 is 12.0 Å². The SMILES string of the molecule is Cn1c(C(=O)N2CCC(N3C(=O)COC3=O)CC2)nc2c(C(C)(F)F)cc(C3CC3)cc21. The van der Waals surface area contributed by atoms with Gasteiger partial charge in [0.05, 0.1) is 11.0 Å². The Morgan fingerprint density at radius 1 is 1.16 bits per heavy atom. The van der Waals surface area contributed by atoms with E-state index >= 15 is 0 Å². The minimum absolute atomic E-state index is 0.105. The van der Waals surface area contributed by atoms with E-state index in [9.17, 15) is 23.2 Å². The summed E-state index contributed by atoms with van der Waals surface area (Å²) in [5.74, 6) is -3.40. The predicted octanol–water partition coefficient (Wildman–Crippen LogP) is 3.15. The van der Waals surface area contributed by atoms with Gasteiger partial charge in [0.1, 0.15) is 0 Å². The Bertz CT molecular complexity index is 1110. The maximum Gasteiger partial charge on any atom is 0.417 e. The number of carbonyl (C=O) groups excluding carboxylic acids is 3. The van der Waals surface area contributed by atoms with Crippen LogP contribution < -0.4 is 0 Å². The van der Waals surface area contributed by atoms with E-state index in [0.29, 0.717) is 31.4 Å². The molecule has 170 valence electrons. The summed E-state index contributed by atoms with van der Waals surface area (Å²) in [5.41, 5.74) is 1.37. The van der Waals surface area contributed by atoms with Gasteiger partial charge in [-0.3, -0.25) is 9.59 Å². The summed E-state index contributed by atoms with van der Waals surface area (Å²) in [7, 11) is 1.67. The first kappa shape index (κ1) is 20.8. The molecule has 0 radical (unpaired) electrons. The maximum absolute atomic E-state index is 14.4. The van der Waals surface area contributed by atoms with Crippen molar-refractivity contribution < 1.29 is 27.9 Å². The molecule has 10 heteroatoms.